The van der Waals surface area contributed by atoms with Crippen molar-refractivity contribution in [3.8, 4) is 5.69 Å². The zero-order chi connectivity index (χ0) is 17.9. The van der Waals surface area contributed by atoms with E-state index in [1.807, 2.05) is 54.6 Å². The number of fused-ring (bicyclic) bond motifs is 1. The predicted molar refractivity (Wildman–Crippen MR) is 106 cm³/mol. The number of pyridine rings is 1. The molecule has 4 nitrogen and oxygen atoms in total. The van der Waals surface area contributed by atoms with Crippen molar-refractivity contribution in [2.45, 2.75) is 0 Å². The van der Waals surface area contributed by atoms with E-state index >= 15 is 0 Å². The second-order valence-corrected chi connectivity index (χ2v) is 6.16. The molecular formula is C21H14ClN3O. The van der Waals surface area contributed by atoms with Crippen molar-refractivity contribution in [1.29, 1.82) is 0 Å². The van der Waals surface area contributed by atoms with E-state index in [1.165, 1.54) is 0 Å². The maximum absolute atomic E-state index is 13.1. The standard InChI is InChI=1S/C21H14ClN3O/c22-16-8-10-17(11-9-16)25-20(12-7-15-4-3-13-23-14-15)24-19-6-2-1-5-18(19)21(25)26/h1-14H. The topological polar surface area (TPSA) is 47.8 Å². The van der Waals surface area contributed by atoms with Gasteiger partial charge in [0.25, 0.3) is 5.56 Å². The molecule has 2 heterocycles. The van der Waals surface area contributed by atoms with Crippen LogP contribution in [-0.2, 0) is 0 Å². The largest absolute Gasteiger partial charge is 0.268 e. The fourth-order valence-electron chi connectivity index (χ4n) is 2.75. The van der Waals surface area contributed by atoms with Gasteiger partial charge in [-0.1, -0.05) is 29.8 Å². The summed E-state index contributed by atoms with van der Waals surface area (Å²) in [4.78, 5) is 21.9. The van der Waals surface area contributed by atoms with Crippen molar-refractivity contribution >= 4 is 34.7 Å². The molecule has 0 fully saturated rings. The molecule has 0 aliphatic heterocycles. The minimum absolute atomic E-state index is 0.122. The first kappa shape index (κ1) is 16.2. The molecule has 0 atom stereocenters. The summed E-state index contributed by atoms with van der Waals surface area (Å²) in [6, 6.07) is 18.3. The highest BCUT2D eigenvalue weighted by molar-refractivity contribution is 6.30. The van der Waals surface area contributed by atoms with Crippen LogP contribution >= 0.6 is 11.6 Å². The van der Waals surface area contributed by atoms with Gasteiger partial charge in [0, 0.05) is 17.4 Å². The third-order valence-corrected chi connectivity index (χ3v) is 4.25. The van der Waals surface area contributed by atoms with Gasteiger partial charge in [-0.25, -0.2) is 4.98 Å². The van der Waals surface area contributed by atoms with E-state index in [0.29, 0.717) is 27.4 Å². The Morgan fingerprint density at radius 2 is 1.73 bits per heavy atom. The Labute approximate surface area is 155 Å². The fraction of sp³-hybridized carbons (Fsp3) is 0. The maximum Gasteiger partial charge on any atom is 0.266 e. The van der Waals surface area contributed by atoms with Crippen LogP contribution in [0.5, 0.6) is 0 Å². The molecule has 0 N–H and O–H groups in total. The predicted octanol–water partition coefficient (Wildman–Crippen LogP) is 4.60. The zero-order valence-corrected chi connectivity index (χ0v) is 14.5. The molecule has 0 amide bonds. The zero-order valence-electron chi connectivity index (χ0n) is 13.7. The molecule has 0 aliphatic rings. The molecule has 2 aromatic carbocycles. The van der Waals surface area contributed by atoms with Crippen LogP contribution < -0.4 is 5.56 Å². The van der Waals surface area contributed by atoms with Gasteiger partial charge in [-0.2, -0.15) is 0 Å². The van der Waals surface area contributed by atoms with E-state index in [9.17, 15) is 4.79 Å². The van der Waals surface area contributed by atoms with Crippen LogP contribution in [0.1, 0.15) is 11.4 Å². The summed E-state index contributed by atoms with van der Waals surface area (Å²) >= 11 is 5.99. The monoisotopic (exact) mass is 359 g/mol. The first-order valence-corrected chi connectivity index (χ1v) is 8.46. The van der Waals surface area contributed by atoms with E-state index in [2.05, 4.69) is 9.97 Å². The summed E-state index contributed by atoms with van der Waals surface area (Å²) in [5, 5.41) is 1.18. The van der Waals surface area contributed by atoms with Crippen molar-refractivity contribution in [3.05, 3.63) is 99.8 Å². The number of hydrogen-bond acceptors (Lipinski definition) is 3. The lowest BCUT2D eigenvalue weighted by atomic mass is 10.2. The molecule has 0 saturated carbocycles. The van der Waals surface area contributed by atoms with Crippen molar-refractivity contribution in [3.63, 3.8) is 0 Å². The molecule has 0 aliphatic carbocycles. The SMILES string of the molecule is O=c1c2ccccc2nc(C=Cc2cccnc2)n1-c1ccc(Cl)cc1. The van der Waals surface area contributed by atoms with Crippen LogP contribution in [0.4, 0.5) is 0 Å². The highest BCUT2D eigenvalue weighted by Crippen LogP contribution is 2.17. The number of benzene rings is 2. The minimum atomic E-state index is -0.122. The minimum Gasteiger partial charge on any atom is -0.268 e. The lowest BCUT2D eigenvalue weighted by Gasteiger charge is -2.11. The summed E-state index contributed by atoms with van der Waals surface area (Å²) < 4.78 is 1.59. The Morgan fingerprint density at radius 1 is 0.923 bits per heavy atom. The van der Waals surface area contributed by atoms with Gasteiger partial charge in [-0.3, -0.25) is 14.3 Å². The second kappa shape index (κ2) is 6.94. The molecule has 2 aromatic heterocycles. The Kier molecular flexibility index (Phi) is 4.33. The van der Waals surface area contributed by atoms with Crippen molar-refractivity contribution < 1.29 is 0 Å². The number of hydrogen-bond donors (Lipinski definition) is 0. The normalized spacial score (nSPS) is 11.3. The van der Waals surface area contributed by atoms with Gasteiger partial charge in [0.05, 0.1) is 16.6 Å². The Bertz CT molecular complexity index is 1150. The van der Waals surface area contributed by atoms with Crippen molar-refractivity contribution in [2.24, 2.45) is 0 Å². The first-order valence-electron chi connectivity index (χ1n) is 8.08. The molecule has 5 heteroatoms. The van der Waals surface area contributed by atoms with Crippen LogP contribution in [0.2, 0.25) is 5.02 Å². The summed E-state index contributed by atoms with van der Waals surface area (Å²) in [5.74, 6) is 0.542. The van der Waals surface area contributed by atoms with E-state index < -0.39 is 0 Å². The number of nitrogens with zero attached hydrogens (tertiary/aromatic N) is 3. The lowest BCUT2D eigenvalue weighted by Crippen LogP contribution is -2.22. The van der Waals surface area contributed by atoms with Gasteiger partial charge in [-0.05, 0) is 60.2 Å². The van der Waals surface area contributed by atoms with Crippen LogP contribution in [-0.4, -0.2) is 14.5 Å². The van der Waals surface area contributed by atoms with E-state index in [-0.39, 0.29) is 5.56 Å². The van der Waals surface area contributed by atoms with Gasteiger partial charge < -0.3 is 0 Å². The van der Waals surface area contributed by atoms with Gasteiger partial charge in [0.1, 0.15) is 5.82 Å². The quantitative estimate of drug-likeness (QED) is 0.537. The molecule has 0 unspecified atom stereocenters. The van der Waals surface area contributed by atoms with Crippen LogP contribution in [0, 0.1) is 0 Å². The Morgan fingerprint density at radius 3 is 2.50 bits per heavy atom. The molecule has 26 heavy (non-hydrogen) atoms. The molecule has 0 radical (unpaired) electrons. The highest BCUT2D eigenvalue weighted by Gasteiger charge is 2.10. The van der Waals surface area contributed by atoms with Gasteiger partial charge in [0.15, 0.2) is 0 Å². The second-order valence-electron chi connectivity index (χ2n) is 5.72. The van der Waals surface area contributed by atoms with Gasteiger partial charge in [-0.15, -0.1) is 0 Å². The summed E-state index contributed by atoms with van der Waals surface area (Å²) in [5.41, 5.74) is 2.18. The Balaban J connectivity index is 1.95. The van der Waals surface area contributed by atoms with E-state index in [4.69, 9.17) is 11.6 Å². The first-order chi connectivity index (χ1) is 12.7. The van der Waals surface area contributed by atoms with E-state index in [1.54, 1.807) is 35.2 Å². The van der Waals surface area contributed by atoms with Crippen LogP contribution in [0.15, 0.2) is 77.9 Å². The average molecular weight is 360 g/mol. The van der Waals surface area contributed by atoms with Gasteiger partial charge >= 0.3 is 0 Å². The molecule has 4 aromatic rings. The molecule has 0 saturated heterocycles. The number of aromatic nitrogens is 3. The maximum atomic E-state index is 13.1. The highest BCUT2D eigenvalue weighted by atomic mass is 35.5. The van der Waals surface area contributed by atoms with Gasteiger partial charge in [0.2, 0.25) is 0 Å². The molecule has 0 spiro atoms. The van der Waals surface area contributed by atoms with Crippen LogP contribution in [0.25, 0.3) is 28.7 Å². The summed E-state index contributed by atoms with van der Waals surface area (Å²) in [7, 11) is 0. The molecule has 4 rings (SSSR count). The molecule has 126 valence electrons. The third kappa shape index (κ3) is 3.15. The number of para-hydroxylation sites is 1. The number of rotatable bonds is 3. The van der Waals surface area contributed by atoms with Crippen molar-refractivity contribution in [2.75, 3.05) is 0 Å². The summed E-state index contributed by atoms with van der Waals surface area (Å²) in [6.45, 7) is 0. The smallest absolute Gasteiger partial charge is 0.266 e. The third-order valence-electron chi connectivity index (χ3n) is 4.00. The van der Waals surface area contributed by atoms with Crippen LogP contribution in [0.3, 0.4) is 0 Å². The molecular weight excluding hydrogens is 346 g/mol. The summed E-state index contributed by atoms with van der Waals surface area (Å²) in [6.07, 6.45) is 7.17. The fourth-order valence-corrected chi connectivity index (χ4v) is 2.87. The van der Waals surface area contributed by atoms with Crippen molar-refractivity contribution in [1.82, 2.24) is 14.5 Å². The average Bonchev–Trinajstić information content (AvgIpc) is 2.68. The number of halogens is 1. The Hall–Kier alpha value is -3.24. The lowest BCUT2D eigenvalue weighted by molar-refractivity contribution is 0.944. The van der Waals surface area contributed by atoms with E-state index in [0.717, 1.165) is 5.56 Å². The molecule has 0 bridgehead atoms.